The van der Waals surface area contributed by atoms with Gasteiger partial charge in [-0.25, -0.2) is 9.97 Å². The van der Waals surface area contributed by atoms with Crippen molar-refractivity contribution in [1.82, 2.24) is 14.5 Å². The van der Waals surface area contributed by atoms with Gasteiger partial charge in [-0.2, -0.15) is 0 Å². The quantitative estimate of drug-likeness (QED) is 0.174. The summed E-state index contributed by atoms with van der Waals surface area (Å²) in [5.74, 6) is 0.699. The van der Waals surface area contributed by atoms with Crippen LogP contribution in [0.1, 0.15) is 0 Å². The second-order valence-corrected chi connectivity index (χ2v) is 16.5. The molecule has 0 unspecified atom stereocenters. The van der Waals surface area contributed by atoms with E-state index in [1.807, 2.05) is 0 Å². The summed E-state index contributed by atoms with van der Waals surface area (Å²) in [4.78, 5) is 10.9. The number of hydrogen-bond acceptors (Lipinski definition) is 2. The number of aromatic nitrogens is 3. The summed E-state index contributed by atoms with van der Waals surface area (Å²) in [6.07, 6.45) is 0. The highest BCUT2D eigenvalue weighted by atomic mass is 15.0. The van der Waals surface area contributed by atoms with Gasteiger partial charge in [-0.15, -0.1) is 0 Å². The van der Waals surface area contributed by atoms with Crippen molar-refractivity contribution in [3.8, 4) is 50.6 Å². The van der Waals surface area contributed by atoms with E-state index >= 15 is 0 Å². The molecule has 0 spiro atoms. The lowest BCUT2D eigenvalue weighted by molar-refractivity contribution is 1.19. The molecule has 3 nitrogen and oxygen atoms in total. The topological polar surface area (TPSA) is 30.7 Å². The summed E-state index contributed by atoms with van der Waals surface area (Å²) in [5, 5.41) is 13.2. The first-order chi connectivity index (χ1) is 31.2. The van der Waals surface area contributed by atoms with Crippen LogP contribution < -0.4 is 0 Å². The lowest BCUT2D eigenvalue weighted by Gasteiger charge is -2.16. The summed E-state index contributed by atoms with van der Waals surface area (Å²) in [7, 11) is 0. The molecule has 13 rings (SSSR count). The Kier molecular flexibility index (Phi) is 7.91. The predicted molar refractivity (Wildman–Crippen MR) is 266 cm³/mol. The highest BCUT2D eigenvalue weighted by molar-refractivity contribution is 6.24. The van der Waals surface area contributed by atoms with Gasteiger partial charge in [0.1, 0.15) is 0 Å². The highest BCUT2D eigenvalue weighted by Gasteiger charge is 2.20. The standard InChI is InChI=1S/C60H37N3/c1-2-12-38(13-3-1)40-22-25-42(26-23-40)59-52-35-47(46-27-24-39-14-4-5-16-43(39)34-46)28-31-54(52)61-60(62-59)51-30-33-55(50-21-11-10-20-49(50)51)63-56-32-29-41-15-8-9-19-48(41)58(56)53-36-44-17-6-7-18-45(44)37-57(53)63/h1-37H. The number of rotatable bonds is 5. The fourth-order valence-electron chi connectivity index (χ4n) is 9.87. The first-order valence-electron chi connectivity index (χ1n) is 21.6. The molecule has 0 N–H and O–H groups in total. The van der Waals surface area contributed by atoms with Crippen LogP contribution in [0.25, 0.3) is 126 Å². The molecule has 0 amide bonds. The monoisotopic (exact) mass is 799 g/mol. The number of hydrogen-bond donors (Lipinski definition) is 0. The summed E-state index contributed by atoms with van der Waals surface area (Å²) in [5.41, 5.74) is 12.0. The third-order valence-corrected chi connectivity index (χ3v) is 12.9. The molecule has 0 saturated carbocycles. The van der Waals surface area contributed by atoms with Crippen LogP contribution in [-0.2, 0) is 0 Å². The first kappa shape index (κ1) is 35.4. The molecule has 0 aliphatic carbocycles. The zero-order chi connectivity index (χ0) is 41.4. The van der Waals surface area contributed by atoms with Crippen molar-refractivity contribution in [3.05, 3.63) is 224 Å². The Bertz CT molecular complexity index is 3960. The number of fused-ring (bicyclic) bond motifs is 9. The van der Waals surface area contributed by atoms with Crippen LogP contribution in [0, 0.1) is 0 Å². The van der Waals surface area contributed by atoms with Gasteiger partial charge in [0, 0.05) is 32.7 Å². The molecule has 0 aliphatic rings. The van der Waals surface area contributed by atoms with E-state index in [0.29, 0.717) is 5.82 Å². The zero-order valence-corrected chi connectivity index (χ0v) is 34.2. The van der Waals surface area contributed by atoms with Gasteiger partial charge in [-0.3, -0.25) is 0 Å². The lowest BCUT2D eigenvalue weighted by atomic mass is 9.96. The smallest absolute Gasteiger partial charge is 0.161 e. The molecule has 0 fully saturated rings. The van der Waals surface area contributed by atoms with Crippen LogP contribution in [-0.4, -0.2) is 14.5 Å². The average molecular weight is 800 g/mol. The summed E-state index contributed by atoms with van der Waals surface area (Å²) in [6, 6.07) is 81.1. The molecule has 292 valence electrons. The molecule has 2 heterocycles. The van der Waals surface area contributed by atoms with Gasteiger partial charge >= 0.3 is 0 Å². The second-order valence-electron chi connectivity index (χ2n) is 16.5. The second kappa shape index (κ2) is 14.1. The molecule has 3 heteroatoms. The normalized spacial score (nSPS) is 11.8. The van der Waals surface area contributed by atoms with Crippen molar-refractivity contribution in [3.63, 3.8) is 0 Å². The van der Waals surface area contributed by atoms with Crippen LogP contribution in [0.2, 0.25) is 0 Å². The van der Waals surface area contributed by atoms with Gasteiger partial charge in [0.05, 0.1) is 27.9 Å². The Labute approximate surface area is 363 Å². The molecule has 63 heavy (non-hydrogen) atoms. The van der Waals surface area contributed by atoms with Gasteiger partial charge in [-0.05, 0) is 108 Å². The molecule has 0 aliphatic heterocycles. The third-order valence-electron chi connectivity index (χ3n) is 12.9. The van der Waals surface area contributed by atoms with E-state index in [4.69, 9.17) is 9.97 Å². The fraction of sp³-hybridized carbons (Fsp3) is 0. The number of benzene rings is 11. The SMILES string of the molecule is c1ccc(-c2ccc(-c3nc(-c4ccc(-n5c6cc7ccccc7cc6c6c7ccccc7ccc65)c5ccccc45)nc4ccc(-c5ccc6ccccc6c5)cc34)cc2)cc1. The van der Waals surface area contributed by atoms with Crippen LogP contribution >= 0.6 is 0 Å². The minimum atomic E-state index is 0.699. The molecule has 0 atom stereocenters. The minimum Gasteiger partial charge on any atom is -0.309 e. The third kappa shape index (κ3) is 5.75. The molecule has 0 radical (unpaired) electrons. The summed E-state index contributed by atoms with van der Waals surface area (Å²) < 4.78 is 2.46. The van der Waals surface area contributed by atoms with E-state index in [0.717, 1.165) is 55.3 Å². The molecule has 0 bridgehead atoms. The highest BCUT2D eigenvalue weighted by Crippen LogP contribution is 2.42. The largest absolute Gasteiger partial charge is 0.309 e. The summed E-state index contributed by atoms with van der Waals surface area (Å²) in [6.45, 7) is 0. The van der Waals surface area contributed by atoms with Crippen molar-refractivity contribution in [2.45, 2.75) is 0 Å². The Hall–Kier alpha value is -8.40. The van der Waals surface area contributed by atoms with E-state index in [1.54, 1.807) is 0 Å². The van der Waals surface area contributed by atoms with Crippen LogP contribution in [0.3, 0.4) is 0 Å². The van der Waals surface area contributed by atoms with Gasteiger partial charge in [0.25, 0.3) is 0 Å². The van der Waals surface area contributed by atoms with Crippen LogP contribution in [0.5, 0.6) is 0 Å². The van der Waals surface area contributed by atoms with Crippen molar-refractivity contribution in [2.24, 2.45) is 0 Å². The Morgan fingerprint density at radius 2 is 0.889 bits per heavy atom. The van der Waals surface area contributed by atoms with Gasteiger partial charge in [0.2, 0.25) is 0 Å². The lowest BCUT2D eigenvalue weighted by Crippen LogP contribution is -1.99. The van der Waals surface area contributed by atoms with Crippen molar-refractivity contribution in [1.29, 1.82) is 0 Å². The summed E-state index contributed by atoms with van der Waals surface area (Å²) >= 11 is 0. The van der Waals surface area contributed by atoms with E-state index in [-0.39, 0.29) is 0 Å². The molecule has 0 saturated heterocycles. The van der Waals surface area contributed by atoms with Crippen molar-refractivity contribution in [2.75, 3.05) is 0 Å². The molecule has 13 aromatic rings. The molecular weight excluding hydrogens is 763 g/mol. The maximum absolute atomic E-state index is 5.52. The fourth-order valence-corrected chi connectivity index (χ4v) is 9.87. The zero-order valence-electron chi connectivity index (χ0n) is 34.2. The predicted octanol–water partition coefficient (Wildman–Crippen LogP) is 16.0. The molecular formula is C60H37N3. The van der Waals surface area contributed by atoms with E-state index < -0.39 is 0 Å². The first-order valence-corrected chi connectivity index (χ1v) is 21.6. The van der Waals surface area contributed by atoms with Crippen molar-refractivity contribution < 1.29 is 0 Å². The molecule has 2 aromatic heterocycles. The molecule has 11 aromatic carbocycles. The van der Waals surface area contributed by atoms with Crippen molar-refractivity contribution >= 4 is 75.8 Å². The van der Waals surface area contributed by atoms with Gasteiger partial charge in [-0.1, -0.05) is 176 Å². The average Bonchev–Trinajstić information content (AvgIpc) is 3.68. The Morgan fingerprint density at radius 3 is 1.70 bits per heavy atom. The number of nitrogens with zero attached hydrogens (tertiary/aromatic N) is 3. The Morgan fingerprint density at radius 1 is 0.302 bits per heavy atom. The van der Waals surface area contributed by atoms with Crippen LogP contribution in [0.15, 0.2) is 224 Å². The van der Waals surface area contributed by atoms with Crippen LogP contribution in [0.4, 0.5) is 0 Å². The van der Waals surface area contributed by atoms with E-state index in [9.17, 15) is 0 Å². The maximum Gasteiger partial charge on any atom is 0.161 e. The van der Waals surface area contributed by atoms with Gasteiger partial charge < -0.3 is 4.57 Å². The Balaban J connectivity index is 1.03. The van der Waals surface area contributed by atoms with E-state index in [1.165, 1.54) is 65.3 Å². The maximum atomic E-state index is 5.52. The van der Waals surface area contributed by atoms with E-state index in [2.05, 4.69) is 229 Å². The van der Waals surface area contributed by atoms with Gasteiger partial charge in [0.15, 0.2) is 5.82 Å². The minimum absolute atomic E-state index is 0.699.